The Morgan fingerprint density at radius 1 is 1.03 bits per heavy atom. The number of amides is 2. The Hall–Kier alpha value is -3.35. The Morgan fingerprint density at radius 3 is 2.37 bits per heavy atom. The van der Waals surface area contributed by atoms with E-state index in [-0.39, 0.29) is 19.1 Å². The molecule has 7 nitrogen and oxygen atoms in total. The first-order chi connectivity index (χ1) is 14.3. The molecule has 2 amide bonds. The molecule has 2 aromatic carbocycles. The second-order valence-electron chi connectivity index (χ2n) is 6.98. The number of aryl methyl sites for hydroxylation is 2. The average Bonchev–Trinajstić information content (AvgIpc) is 2.72. The maximum absolute atomic E-state index is 12.2. The summed E-state index contributed by atoms with van der Waals surface area (Å²) in [4.78, 5) is 37.7. The van der Waals surface area contributed by atoms with Gasteiger partial charge < -0.3 is 19.7 Å². The smallest absolute Gasteiger partial charge is 0.325 e. The van der Waals surface area contributed by atoms with Gasteiger partial charge in [-0.25, -0.2) is 0 Å². The van der Waals surface area contributed by atoms with Crippen LogP contribution in [0.25, 0.3) is 0 Å². The first kappa shape index (κ1) is 22.9. The van der Waals surface area contributed by atoms with Crippen LogP contribution in [0.3, 0.4) is 0 Å². The summed E-state index contributed by atoms with van der Waals surface area (Å²) in [6.45, 7) is 6.15. The number of carbonyl (C=O) groups is 3. The van der Waals surface area contributed by atoms with Gasteiger partial charge in [-0.05, 0) is 56.2 Å². The summed E-state index contributed by atoms with van der Waals surface area (Å²) in [6.07, 6.45) is 0. The van der Waals surface area contributed by atoms with Crippen molar-refractivity contribution in [3.8, 4) is 5.75 Å². The van der Waals surface area contributed by atoms with Crippen molar-refractivity contribution < 1.29 is 23.9 Å². The molecule has 0 fully saturated rings. The summed E-state index contributed by atoms with van der Waals surface area (Å²) < 4.78 is 10.3. The van der Waals surface area contributed by atoms with Crippen molar-refractivity contribution in [3.05, 3.63) is 64.7 Å². The molecule has 160 valence electrons. The average molecular weight is 412 g/mol. The molecule has 0 saturated carbocycles. The van der Waals surface area contributed by atoms with Gasteiger partial charge in [-0.1, -0.05) is 23.8 Å². The van der Waals surface area contributed by atoms with E-state index in [1.54, 1.807) is 31.3 Å². The standard InChI is InChI=1S/C23H28N2O5/c1-5-29-20-10-8-18(9-11-20)23(28)24-13-22(27)30-15-21(26)25(4)14-19-7-6-16(2)12-17(19)3/h6-12H,5,13-15H2,1-4H3,(H,24,28). The first-order valence-electron chi connectivity index (χ1n) is 9.77. The zero-order valence-electron chi connectivity index (χ0n) is 17.9. The zero-order valence-corrected chi connectivity index (χ0v) is 17.9. The van der Waals surface area contributed by atoms with Crippen molar-refractivity contribution in [2.45, 2.75) is 27.3 Å². The molecule has 0 saturated heterocycles. The second kappa shape index (κ2) is 11.0. The predicted octanol–water partition coefficient (Wildman–Crippen LogP) is 2.63. The molecular formula is C23H28N2O5. The third-order valence-electron chi connectivity index (χ3n) is 4.51. The van der Waals surface area contributed by atoms with Crippen LogP contribution < -0.4 is 10.1 Å². The maximum Gasteiger partial charge on any atom is 0.325 e. The van der Waals surface area contributed by atoms with Crippen molar-refractivity contribution >= 4 is 17.8 Å². The lowest BCUT2D eigenvalue weighted by Gasteiger charge is -2.18. The summed E-state index contributed by atoms with van der Waals surface area (Å²) in [7, 11) is 1.66. The van der Waals surface area contributed by atoms with Crippen molar-refractivity contribution in [2.24, 2.45) is 0 Å². The molecule has 0 spiro atoms. The van der Waals surface area contributed by atoms with Crippen LogP contribution in [0.2, 0.25) is 0 Å². The molecule has 30 heavy (non-hydrogen) atoms. The number of nitrogens with one attached hydrogen (secondary N) is 1. The lowest BCUT2D eigenvalue weighted by Crippen LogP contribution is -2.34. The summed E-state index contributed by atoms with van der Waals surface area (Å²) in [5.41, 5.74) is 3.69. The van der Waals surface area contributed by atoms with E-state index in [0.29, 0.717) is 24.5 Å². The minimum Gasteiger partial charge on any atom is -0.494 e. The molecular weight excluding hydrogens is 384 g/mol. The number of nitrogens with zero attached hydrogens (tertiary/aromatic N) is 1. The SMILES string of the molecule is CCOc1ccc(C(=O)NCC(=O)OCC(=O)N(C)Cc2ccc(C)cc2C)cc1. The third-order valence-corrected chi connectivity index (χ3v) is 4.51. The lowest BCUT2D eigenvalue weighted by atomic mass is 10.1. The van der Waals surface area contributed by atoms with Gasteiger partial charge in [0.2, 0.25) is 0 Å². The monoisotopic (exact) mass is 412 g/mol. The number of hydrogen-bond donors (Lipinski definition) is 1. The fraction of sp³-hybridized carbons (Fsp3) is 0.348. The van der Waals surface area contributed by atoms with E-state index in [1.807, 2.05) is 32.9 Å². The Bertz CT molecular complexity index is 893. The van der Waals surface area contributed by atoms with Crippen LogP contribution in [0.15, 0.2) is 42.5 Å². The third kappa shape index (κ3) is 6.92. The van der Waals surface area contributed by atoms with Gasteiger partial charge in [0.15, 0.2) is 6.61 Å². The highest BCUT2D eigenvalue weighted by atomic mass is 16.5. The molecule has 0 bridgehead atoms. The molecule has 0 aliphatic carbocycles. The fourth-order valence-corrected chi connectivity index (χ4v) is 2.79. The van der Waals surface area contributed by atoms with Gasteiger partial charge in [0, 0.05) is 19.2 Å². The van der Waals surface area contributed by atoms with Crippen LogP contribution in [0, 0.1) is 13.8 Å². The lowest BCUT2D eigenvalue weighted by molar-refractivity contribution is -0.150. The van der Waals surface area contributed by atoms with E-state index < -0.39 is 11.9 Å². The Morgan fingerprint density at radius 2 is 1.73 bits per heavy atom. The molecule has 0 heterocycles. The summed E-state index contributed by atoms with van der Waals surface area (Å²) in [6, 6.07) is 12.6. The van der Waals surface area contributed by atoms with E-state index in [0.717, 1.165) is 16.7 Å². The fourth-order valence-electron chi connectivity index (χ4n) is 2.79. The number of carbonyl (C=O) groups excluding carboxylic acids is 3. The molecule has 0 radical (unpaired) electrons. The maximum atomic E-state index is 12.2. The largest absolute Gasteiger partial charge is 0.494 e. The summed E-state index contributed by atoms with van der Waals surface area (Å²) in [5, 5.41) is 2.48. The molecule has 1 N–H and O–H groups in total. The topological polar surface area (TPSA) is 84.9 Å². The number of rotatable bonds is 9. The van der Waals surface area contributed by atoms with Gasteiger partial charge in [0.1, 0.15) is 12.3 Å². The molecule has 0 atom stereocenters. The van der Waals surface area contributed by atoms with Crippen molar-refractivity contribution in [3.63, 3.8) is 0 Å². The highest BCUT2D eigenvalue weighted by Crippen LogP contribution is 2.13. The molecule has 0 aliphatic rings. The molecule has 2 aromatic rings. The highest BCUT2D eigenvalue weighted by Gasteiger charge is 2.14. The van der Waals surface area contributed by atoms with E-state index in [2.05, 4.69) is 11.4 Å². The van der Waals surface area contributed by atoms with Crippen LogP contribution in [-0.4, -0.2) is 49.5 Å². The summed E-state index contributed by atoms with van der Waals surface area (Å²) >= 11 is 0. The Kier molecular flexibility index (Phi) is 8.41. The molecule has 0 aromatic heterocycles. The minimum atomic E-state index is -0.678. The van der Waals surface area contributed by atoms with E-state index in [4.69, 9.17) is 9.47 Å². The van der Waals surface area contributed by atoms with Crippen LogP contribution in [0.5, 0.6) is 5.75 Å². The van der Waals surface area contributed by atoms with Crippen LogP contribution in [0.1, 0.15) is 34.0 Å². The van der Waals surface area contributed by atoms with Gasteiger partial charge in [-0.15, -0.1) is 0 Å². The van der Waals surface area contributed by atoms with Gasteiger partial charge >= 0.3 is 5.97 Å². The minimum absolute atomic E-state index is 0.318. The normalized spacial score (nSPS) is 10.3. The predicted molar refractivity (Wildman–Crippen MR) is 113 cm³/mol. The van der Waals surface area contributed by atoms with E-state index in [9.17, 15) is 14.4 Å². The van der Waals surface area contributed by atoms with Gasteiger partial charge in [-0.2, -0.15) is 0 Å². The number of esters is 1. The number of ether oxygens (including phenoxy) is 2. The van der Waals surface area contributed by atoms with Crippen LogP contribution in [0.4, 0.5) is 0 Å². The van der Waals surface area contributed by atoms with Gasteiger partial charge in [0.05, 0.1) is 6.61 Å². The zero-order chi connectivity index (χ0) is 22.1. The van der Waals surface area contributed by atoms with Gasteiger partial charge in [0.25, 0.3) is 11.8 Å². The second-order valence-corrected chi connectivity index (χ2v) is 6.98. The van der Waals surface area contributed by atoms with Crippen molar-refractivity contribution in [1.29, 1.82) is 0 Å². The van der Waals surface area contributed by atoms with E-state index >= 15 is 0 Å². The molecule has 0 aliphatic heterocycles. The van der Waals surface area contributed by atoms with Crippen molar-refractivity contribution in [2.75, 3.05) is 26.8 Å². The Balaban J connectivity index is 1.75. The Labute approximate surface area is 177 Å². The molecule has 7 heteroatoms. The number of likely N-dealkylation sites (N-methyl/N-ethyl adjacent to an activating group) is 1. The van der Waals surface area contributed by atoms with E-state index in [1.165, 1.54) is 4.90 Å². The van der Waals surface area contributed by atoms with Crippen molar-refractivity contribution in [1.82, 2.24) is 10.2 Å². The number of benzene rings is 2. The van der Waals surface area contributed by atoms with Gasteiger partial charge in [-0.3, -0.25) is 14.4 Å². The number of hydrogen-bond acceptors (Lipinski definition) is 5. The molecule has 2 rings (SSSR count). The van der Waals surface area contributed by atoms with Crippen LogP contribution >= 0.6 is 0 Å². The highest BCUT2D eigenvalue weighted by molar-refractivity contribution is 5.96. The molecule has 0 unspecified atom stereocenters. The van der Waals surface area contributed by atoms with Crippen LogP contribution in [-0.2, 0) is 20.9 Å². The first-order valence-corrected chi connectivity index (χ1v) is 9.77. The quantitative estimate of drug-likeness (QED) is 0.640. The summed E-state index contributed by atoms with van der Waals surface area (Å²) in [5.74, 6) is -0.742.